The van der Waals surface area contributed by atoms with Gasteiger partial charge in [0, 0.05) is 19.4 Å². The molecule has 0 aliphatic rings. The lowest BCUT2D eigenvalue weighted by Crippen LogP contribution is -2.29. The smallest absolute Gasteiger partial charge is 0.462 e. The Hall–Kier alpha value is -2.59. The minimum Gasteiger partial charge on any atom is -0.462 e. The maximum Gasteiger partial charge on any atom is 0.472 e. The third-order valence-electron chi connectivity index (χ3n) is 7.66. The van der Waals surface area contributed by atoms with Crippen molar-refractivity contribution in [1.82, 2.24) is 0 Å². The molecule has 0 spiro atoms. The number of carbonyl (C=O) groups is 2. The van der Waals surface area contributed by atoms with E-state index in [0.29, 0.717) is 19.3 Å². The molecule has 298 valence electrons. The standard InChI is InChI=1S/C41H70NO9P/c1-3-5-7-8-9-10-11-12-13-14-15-18-21-24-28-32-40(44)48-36-39(37-50-52(46,47)49-35-34-42)51-41(45)33-29-25-22-19-16-17-20-23-27-31-38(43)30-26-6-4-2/h6,9-10,12-13,15,18,20,23,26-27,31,38-39,43H,3-5,7-8,11,14,16-17,19,21-22,24-25,28-30,32-37,42H2,1-2H3,(H,46,47)/b10-9-,13-12-,18-15-,23-20+,26-6+,31-27+/t38?,39-/m1/s1. The molecule has 0 radical (unpaired) electrons. The van der Waals surface area contributed by atoms with Gasteiger partial charge in [-0.2, -0.15) is 0 Å². The molecular weight excluding hydrogens is 681 g/mol. The molecule has 4 N–H and O–H groups in total. The number of carbonyl (C=O) groups excluding carboxylic acids is 2. The van der Waals surface area contributed by atoms with Crippen LogP contribution in [-0.2, 0) is 32.7 Å². The van der Waals surface area contributed by atoms with Crippen LogP contribution in [0.25, 0.3) is 0 Å². The third kappa shape index (κ3) is 35.8. The predicted molar refractivity (Wildman–Crippen MR) is 212 cm³/mol. The fraction of sp³-hybridized carbons (Fsp3) is 0.659. The van der Waals surface area contributed by atoms with Gasteiger partial charge < -0.3 is 25.2 Å². The highest BCUT2D eigenvalue weighted by Crippen LogP contribution is 2.43. The average molecular weight is 752 g/mol. The quantitative estimate of drug-likeness (QED) is 0.0187. The fourth-order valence-electron chi connectivity index (χ4n) is 4.73. The zero-order chi connectivity index (χ0) is 38.4. The Morgan fingerprint density at radius 1 is 0.692 bits per heavy atom. The maximum atomic E-state index is 12.5. The van der Waals surface area contributed by atoms with Crippen LogP contribution in [0.2, 0.25) is 0 Å². The molecule has 0 bridgehead atoms. The molecule has 0 fully saturated rings. The molecule has 0 aliphatic heterocycles. The van der Waals surface area contributed by atoms with E-state index in [1.165, 1.54) is 19.3 Å². The topological polar surface area (TPSA) is 155 Å². The predicted octanol–water partition coefficient (Wildman–Crippen LogP) is 9.68. The highest BCUT2D eigenvalue weighted by molar-refractivity contribution is 7.47. The van der Waals surface area contributed by atoms with Crippen molar-refractivity contribution < 1.29 is 42.7 Å². The van der Waals surface area contributed by atoms with Gasteiger partial charge in [-0.25, -0.2) is 4.57 Å². The van der Waals surface area contributed by atoms with Gasteiger partial charge in [0.2, 0.25) is 0 Å². The first-order valence-electron chi connectivity index (χ1n) is 19.5. The number of phosphoric ester groups is 1. The van der Waals surface area contributed by atoms with Crippen LogP contribution >= 0.6 is 7.82 Å². The molecule has 0 saturated carbocycles. The second-order valence-electron chi connectivity index (χ2n) is 12.6. The summed E-state index contributed by atoms with van der Waals surface area (Å²) in [7, 11) is -4.40. The van der Waals surface area contributed by atoms with Crippen molar-refractivity contribution in [1.29, 1.82) is 0 Å². The molecular formula is C41H70NO9P. The van der Waals surface area contributed by atoms with E-state index >= 15 is 0 Å². The molecule has 0 aliphatic carbocycles. The number of rotatable bonds is 35. The Kier molecular flexibility index (Phi) is 34.9. The maximum absolute atomic E-state index is 12.5. The van der Waals surface area contributed by atoms with E-state index in [1.54, 1.807) is 6.08 Å². The number of ether oxygens (including phenoxy) is 2. The molecule has 0 aromatic carbocycles. The summed E-state index contributed by atoms with van der Waals surface area (Å²) >= 11 is 0. The van der Waals surface area contributed by atoms with E-state index in [1.807, 2.05) is 24.3 Å². The Balaban J connectivity index is 4.37. The van der Waals surface area contributed by atoms with Gasteiger partial charge in [-0.1, -0.05) is 119 Å². The summed E-state index contributed by atoms with van der Waals surface area (Å²) in [6, 6.07) is 0. The minimum atomic E-state index is -4.40. The van der Waals surface area contributed by atoms with Crippen LogP contribution in [0.3, 0.4) is 0 Å². The number of allylic oxidation sites excluding steroid dienone is 10. The van der Waals surface area contributed by atoms with E-state index < -0.39 is 38.6 Å². The van der Waals surface area contributed by atoms with Gasteiger partial charge in [-0.15, -0.1) is 0 Å². The van der Waals surface area contributed by atoms with Crippen molar-refractivity contribution in [3.05, 3.63) is 72.9 Å². The number of nitrogens with two attached hydrogens (primary N) is 1. The van der Waals surface area contributed by atoms with E-state index in [0.717, 1.165) is 70.6 Å². The summed E-state index contributed by atoms with van der Waals surface area (Å²) in [5.74, 6) is -0.937. The second kappa shape index (κ2) is 36.8. The van der Waals surface area contributed by atoms with Crippen LogP contribution in [0.1, 0.15) is 136 Å². The van der Waals surface area contributed by atoms with E-state index in [-0.39, 0.29) is 32.6 Å². The van der Waals surface area contributed by atoms with Crippen molar-refractivity contribution in [2.24, 2.45) is 5.73 Å². The van der Waals surface area contributed by atoms with Crippen molar-refractivity contribution in [3.63, 3.8) is 0 Å². The van der Waals surface area contributed by atoms with Crippen LogP contribution in [-0.4, -0.2) is 60.5 Å². The highest BCUT2D eigenvalue weighted by Gasteiger charge is 2.25. The third-order valence-corrected chi connectivity index (χ3v) is 8.64. The molecule has 11 heteroatoms. The first-order chi connectivity index (χ1) is 25.2. The number of aliphatic hydroxyl groups excluding tert-OH is 1. The van der Waals surface area contributed by atoms with Gasteiger partial charge in [-0.3, -0.25) is 18.6 Å². The normalized spacial score (nSPS) is 14.8. The second-order valence-corrected chi connectivity index (χ2v) is 14.1. The van der Waals surface area contributed by atoms with Gasteiger partial charge in [0.1, 0.15) is 6.61 Å². The number of esters is 2. The van der Waals surface area contributed by atoms with Gasteiger partial charge in [0.15, 0.2) is 6.10 Å². The lowest BCUT2D eigenvalue weighted by molar-refractivity contribution is -0.161. The van der Waals surface area contributed by atoms with Crippen molar-refractivity contribution in [3.8, 4) is 0 Å². The van der Waals surface area contributed by atoms with Gasteiger partial charge in [0.25, 0.3) is 0 Å². The summed E-state index contributed by atoms with van der Waals surface area (Å²) in [5, 5.41) is 9.85. The zero-order valence-electron chi connectivity index (χ0n) is 32.1. The lowest BCUT2D eigenvalue weighted by Gasteiger charge is -2.19. The van der Waals surface area contributed by atoms with Crippen LogP contribution in [0, 0.1) is 0 Å². The summed E-state index contributed by atoms with van der Waals surface area (Å²) < 4.78 is 32.6. The zero-order valence-corrected chi connectivity index (χ0v) is 33.0. The highest BCUT2D eigenvalue weighted by atomic mass is 31.2. The van der Waals surface area contributed by atoms with Crippen LogP contribution in [0.4, 0.5) is 0 Å². The average Bonchev–Trinajstić information content (AvgIpc) is 3.12. The molecule has 10 nitrogen and oxygen atoms in total. The number of hydrogen-bond donors (Lipinski definition) is 3. The molecule has 0 aromatic rings. The Morgan fingerprint density at radius 2 is 1.29 bits per heavy atom. The van der Waals surface area contributed by atoms with Crippen molar-refractivity contribution in [2.75, 3.05) is 26.4 Å². The number of hydrogen-bond acceptors (Lipinski definition) is 9. The van der Waals surface area contributed by atoms with Gasteiger partial charge in [0.05, 0.1) is 19.3 Å². The number of phosphoric acid groups is 1. The van der Waals surface area contributed by atoms with Crippen molar-refractivity contribution in [2.45, 2.75) is 148 Å². The van der Waals surface area contributed by atoms with Gasteiger partial charge >= 0.3 is 19.8 Å². The van der Waals surface area contributed by atoms with Crippen LogP contribution in [0.5, 0.6) is 0 Å². The Morgan fingerprint density at radius 3 is 1.98 bits per heavy atom. The lowest BCUT2D eigenvalue weighted by atomic mass is 10.1. The molecule has 3 atom stereocenters. The largest absolute Gasteiger partial charge is 0.472 e. The Labute approximate surface area is 314 Å². The first kappa shape index (κ1) is 49.4. The molecule has 2 unspecified atom stereocenters. The molecule has 0 heterocycles. The van der Waals surface area contributed by atoms with Crippen LogP contribution < -0.4 is 5.73 Å². The summed E-state index contributed by atoms with van der Waals surface area (Å²) in [4.78, 5) is 34.7. The van der Waals surface area contributed by atoms with Crippen molar-refractivity contribution >= 4 is 19.8 Å². The first-order valence-corrected chi connectivity index (χ1v) is 21.0. The monoisotopic (exact) mass is 751 g/mol. The summed E-state index contributed by atoms with van der Waals surface area (Å²) in [6.45, 7) is 3.37. The SMILES string of the molecule is CC/C=C/CC(O)/C=C/C=C/CCCCCCCC(=O)O[C@H](COC(=O)CCCC/C=C\C/C=C\C/C=C\CCCCC)COP(=O)(O)OCCN. The number of aliphatic hydroxyl groups is 1. The summed E-state index contributed by atoms with van der Waals surface area (Å²) in [5.41, 5.74) is 5.33. The molecule has 0 rings (SSSR count). The fourth-order valence-corrected chi connectivity index (χ4v) is 5.50. The summed E-state index contributed by atoms with van der Waals surface area (Å²) in [6.07, 6.45) is 39.8. The van der Waals surface area contributed by atoms with Crippen LogP contribution in [0.15, 0.2) is 72.9 Å². The number of unbranched alkanes of at least 4 members (excludes halogenated alkanes) is 10. The molecule has 0 saturated heterocycles. The van der Waals surface area contributed by atoms with Gasteiger partial charge in [-0.05, 0) is 77.0 Å². The van der Waals surface area contributed by atoms with E-state index in [4.69, 9.17) is 24.3 Å². The molecule has 0 aromatic heterocycles. The van der Waals surface area contributed by atoms with E-state index in [9.17, 15) is 24.2 Å². The minimum absolute atomic E-state index is 0.0321. The molecule has 52 heavy (non-hydrogen) atoms. The van der Waals surface area contributed by atoms with E-state index in [2.05, 4.69) is 56.4 Å². The Bertz CT molecular complexity index is 1100. The molecule has 0 amide bonds.